The van der Waals surface area contributed by atoms with Gasteiger partial charge in [-0.15, -0.1) is 0 Å². The van der Waals surface area contributed by atoms with Crippen LogP contribution in [0.15, 0.2) is 18.2 Å². The maximum absolute atomic E-state index is 12.4. The Bertz CT molecular complexity index is 654. The van der Waals surface area contributed by atoms with E-state index < -0.39 is 0 Å². The maximum Gasteiger partial charge on any atom is 0.228 e. The van der Waals surface area contributed by atoms with Gasteiger partial charge in [-0.1, -0.05) is 29.3 Å². The molecule has 3 rings (SSSR count). The van der Waals surface area contributed by atoms with E-state index in [-0.39, 0.29) is 23.7 Å². The molecule has 2 atom stereocenters. The third-order valence-electron chi connectivity index (χ3n) is 4.43. The molecule has 1 aromatic carbocycles. The molecule has 1 aliphatic carbocycles. The molecule has 0 bridgehead atoms. The average molecular weight is 370 g/mol. The predicted molar refractivity (Wildman–Crippen MR) is 90.9 cm³/mol. The fourth-order valence-electron chi connectivity index (χ4n) is 2.87. The van der Waals surface area contributed by atoms with Crippen molar-refractivity contribution in [3.63, 3.8) is 0 Å². The van der Waals surface area contributed by atoms with Gasteiger partial charge in [-0.2, -0.15) is 0 Å². The summed E-state index contributed by atoms with van der Waals surface area (Å²) >= 11 is 12.1. The molecule has 0 radical (unpaired) electrons. The molecule has 0 aromatic heterocycles. The second kappa shape index (κ2) is 6.99. The Kier molecular flexibility index (Phi) is 4.96. The van der Waals surface area contributed by atoms with Crippen molar-refractivity contribution in [1.82, 2.24) is 9.80 Å². The summed E-state index contributed by atoms with van der Waals surface area (Å²) in [6.45, 7) is 2.10. The lowest BCUT2D eigenvalue weighted by atomic mass is 10.2. The molecule has 6 nitrogen and oxygen atoms in total. The highest BCUT2D eigenvalue weighted by atomic mass is 35.5. The van der Waals surface area contributed by atoms with Crippen LogP contribution in [0.4, 0.5) is 5.69 Å². The normalized spacial score (nSPS) is 22.9. The quantitative estimate of drug-likeness (QED) is 0.823. The number of benzene rings is 1. The fraction of sp³-hybridized carbons (Fsp3) is 0.438. The molecule has 2 fully saturated rings. The number of hydrogen-bond donors (Lipinski definition) is 1. The Morgan fingerprint density at radius 1 is 1.08 bits per heavy atom. The van der Waals surface area contributed by atoms with E-state index in [0.717, 1.165) is 6.41 Å². The number of piperazine rings is 1. The van der Waals surface area contributed by atoms with Gasteiger partial charge in [0.15, 0.2) is 0 Å². The maximum atomic E-state index is 12.4. The highest BCUT2D eigenvalue weighted by molar-refractivity contribution is 6.39. The van der Waals surface area contributed by atoms with E-state index >= 15 is 0 Å². The molecule has 8 heteroatoms. The van der Waals surface area contributed by atoms with Crippen LogP contribution in [0.2, 0.25) is 10.0 Å². The number of nitrogens with one attached hydrogen (secondary N) is 1. The number of amides is 3. The zero-order valence-corrected chi connectivity index (χ0v) is 14.4. The molecular formula is C16H17Cl2N3O3. The highest BCUT2D eigenvalue weighted by Gasteiger charge is 2.49. The molecule has 128 valence electrons. The summed E-state index contributed by atoms with van der Waals surface area (Å²) < 4.78 is 0. The largest absolute Gasteiger partial charge is 0.342 e. The van der Waals surface area contributed by atoms with Gasteiger partial charge >= 0.3 is 0 Å². The molecule has 1 saturated carbocycles. The Hall–Kier alpha value is -1.79. The molecule has 1 N–H and O–H groups in total. The van der Waals surface area contributed by atoms with Crippen LogP contribution in [0.1, 0.15) is 6.42 Å². The van der Waals surface area contributed by atoms with Gasteiger partial charge in [-0.3, -0.25) is 14.4 Å². The van der Waals surface area contributed by atoms with E-state index in [9.17, 15) is 14.4 Å². The minimum absolute atomic E-state index is 0.0223. The molecular weight excluding hydrogens is 353 g/mol. The third-order valence-corrected chi connectivity index (χ3v) is 5.06. The van der Waals surface area contributed by atoms with Gasteiger partial charge in [0, 0.05) is 26.2 Å². The molecule has 2 unspecified atom stereocenters. The van der Waals surface area contributed by atoms with Crippen LogP contribution >= 0.6 is 23.2 Å². The minimum atomic E-state index is -0.353. The van der Waals surface area contributed by atoms with Gasteiger partial charge in [-0.25, -0.2) is 0 Å². The SMILES string of the molecule is O=CN1CCN(C(=O)C2CC2C(=O)Nc2c(Cl)cccc2Cl)CC1. The highest BCUT2D eigenvalue weighted by Crippen LogP contribution is 2.42. The Balaban J connectivity index is 1.56. The van der Waals surface area contributed by atoms with Crippen LogP contribution in [-0.2, 0) is 14.4 Å². The topological polar surface area (TPSA) is 69.7 Å². The molecule has 1 aliphatic heterocycles. The van der Waals surface area contributed by atoms with Gasteiger partial charge in [0.05, 0.1) is 27.6 Å². The van der Waals surface area contributed by atoms with Crippen molar-refractivity contribution in [2.75, 3.05) is 31.5 Å². The number of nitrogens with zero attached hydrogens (tertiary/aromatic N) is 2. The second-order valence-corrected chi connectivity index (χ2v) is 6.82. The van der Waals surface area contributed by atoms with E-state index in [0.29, 0.717) is 48.3 Å². The van der Waals surface area contributed by atoms with Crippen molar-refractivity contribution in [3.05, 3.63) is 28.2 Å². The first-order valence-electron chi connectivity index (χ1n) is 7.74. The van der Waals surface area contributed by atoms with Crippen molar-refractivity contribution in [1.29, 1.82) is 0 Å². The summed E-state index contributed by atoms with van der Waals surface area (Å²) in [7, 11) is 0. The van der Waals surface area contributed by atoms with E-state index in [1.54, 1.807) is 28.0 Å². The van der Waals surface area contributed by atoms with Crippen LogP contribution < -0.4 is 5.32 Å². The molecule has 1 aromatic rings. The lowest BCUT2D eigenvalue weighted by molar-refractivity contribution is -0.137. The first kappa shape index (κ1) is 17.0. The van der Waals surface area contributed by atoms with Crippen molar-refractivity contribution >= 4 is 47.1 Å². The van der Waals surface area contributed by atoms with Crippen LogP contribution in [0.25, 0.3) is 0 Å². The molecule has 2 aliphatic rings. The first-order chi connectivity index (χ1) is 11.5. The molecule has 1 saturated heterocycles. The van der Waals surface area contributed by atoms with E-state index in [1.807, 2.05) is 0 Å². The van der Waals surface area contributed by atoms with Gasteiger partial charge in [0.2, 0.25) is 18.2 Å². The summed E-state index contributed by atoms with van der Waals surface area (Å²) in [5.41, 5.74) is 0.378. The molecule has 0 spiro atoms. The lowest BCUT2D eigenvalue weighted by Crippen LogP contribution is -2.48. The van der Waals surface area contributed by atoms with E-state index in [4.69, 9.17) is 23.2 Å². The zero-order valence-electron chi connectivity index (χ0n) is 12.9. The van der Waals surface area contributed by atoms with Gasteiger partial charge in [0.25, 0.3) is 0 Å². The molecule has 24 heavy (non-hydrogen) atoms. The van der Waals surface area contributed by atoms with Crippen LogP contribution in [0.5, 0.6) is 0 Å². The summed E-state index contributed by atoms with van der Waals surface area (Å²) in [5.74, 6) is -0.913. The van der Waals surface area contributed by atoms with Gasteiger partial charge < -0.3 is 15.1 Å². The number of rotatable bonds is 4. The summed E-state index contributed by atoms with van der Waals surface area (Å²) in [6.07, 6.45) is 1.32. The molecule has 1 heterocycles. The number of hydrogen-bond acceptors (Lipinski definition) is 3. The van der Waals surface area contributed by atoms with Crippen molar-refractivity contribution in [3.8, 4) is 0 Å². The lowest BCUT2D eigenvalue weighted by Gasteiger charge is -2.32. The number of anilines is 1. The monoisotopic (exact) mass is 369 g/mol. The number of para-hydroxylation sites is 1. The number of carbonyl (C=O) groups is 3. The summed E-state index contributed by atoms with van der Waals surface area (Å²) in [4.78, 5) is 38.8. The summed E-state index contributed by atoms with van der Waals surface area (Å²) in [6, 6.07) is 4.99. The van der Waals surface area contributed by atoms with Crippen LogP contribution in [-0.4, -0.2) is 54.2 Å². The molecule has 3 amide bonds. The van der Waals surface area contributed by atoms with Crippen LogP contribution in [0.3, 0.4) is 0 Å². The third kappa shape index (κ3) is 3.49. The van der Waals surface area contributed by atoms with E-state index in [2.05, 4.69) is 5.32 Å². The average Bonchev–Trinajstić information content (AvgIpc) is 3.38. The fourth-order valence-corrected chi connectivity index (χ4v) is 3.36. The van der Waals surface area contributed by atoms with Crippen molar-refractivity contribution in [2.24, 2.45) is 11.8 Å². The predicted octanol–water partition coefficient (Wildman–Crippen LogP) is 1.87. The zero-order chi connectivity index (χ0) is 17.3. The first-order valence-corrected chi connectivity index (χ1v) is 8.50. The van der Waals surface area contributed by atoms with Crippen molar-refractivity contribution < 1.29 is 14.4 Å². The smallest absolute Gasteiger partial charge is 0.228 e. The van der Waals surface area contributed by atoms with Crippen LogP contribution in [0, 0.1) is 11.8 Å². The Morgan fingerprint density at radius 3 is 2.29 bits per heavy atom. The Morgan fingerprint density at radius 2 is 1.71 bits per heavy atom. The second-order valence-electron chi connectivity index (χ2n) is 6.00. The standard InChI is InChI=1S/C16H17Cl2N3O3/c17-12-2-1-3-13(18)14(12)19-15(23)10-8-11(10)16(24)21-6-4-20(9-22)5-7-21/h1-3,9-11H,4-8H2,(H,19,23). The minimum Gasteiger partial charge on any atom is -0.342 e. The Labute approximate surface area is 149 Å². The van der Waals surface area contributed by atoms with Gasteiger partial charge in [0.1, 0.15) is 0 Å². The number of carbonyl (C=O) groups excluding carboxylic acids is 3. The van der Waals surface area contributed by atoms with Crippen molar-refractivity contribution in [2.45, 2.75) is 6.42 Å². The van der Waals surface area contributed by atoms with E-state index in [1.165, 1.54) is 0 Å². The van der Waals surface area contributed by atoms with Gasteiger partial charge in [-0.05, 0) is 18.6 Å². The summed E-state index contributed by atoms with van der Waals surface area (Å²) in [5, 5.41) is 3.45. The number of halogens is 2.